The van der Waals surface area contributed by atoms with Crippen molar-refractivity contribution < 1.29 is 0 Å². The Hall–Kier alpha value is -0.405. The van der Waals surface area contributed by atoms with E-state index in [2.05, 4.69) is 56.6 Å². The molecule has 0 amide bonds. The number of hydrogen-bond donors (Lipinski definition) is 0. The van der Waals surface area contributed by atoms with Crippen molar-refractivity contribution >= 4 is 24.6 Å². The summed E-state index contributed by atoms with van der Waals surface area (Å²) in [6, 6.07) is 8.77. The normalized spacial score (nSPS) is 10.8. The summed E-state index contributed by atoms with van der Waals surface area (Å²) in [5.74, 6) is 0. The van der Waals surface area contributed by atoms with Gasteiger partial charge in [0.15, 0.2) is 0 Å². The maximum absolute atomic E-state index is 2.41. The molecule has 0 saturated carbocycles. The zero-order valence-electron chi connectivity index (χ0n) is 10.6. The van der Waals surface area contributed by atoms with Crippen molar-refractivity contribution in [3.8, 4) is 0 Å². The van der Waals surface area contributed by atoms with Crippen molar-refractivity contribution in [2.24, 2.45) is 0 Å². The average Bonchev–Trinajstić information content (AvgIpc) is 2.31. The molecule has 3 heteroatoms. The van der Waals surface area contributed by atoms with Gasteiger partial charge in [0.2, 0.25) is 7.41 Å². The summed E-state index contributed by atoms with van der Waals surface area (Å²) in [5.41, 5.74) is 1.31. The van der Waals surface area contributed by atoms with Gasteiger partial charge in [0.1, 0.15) is 0 Å². The van der Waals surface area contributed by atoms with Crippen LogP contribution in [0.2, 0.25) is 0 Å². The molecule has 16 heavy (non-hydrogen) atoms. The lowest BCUT2D eigenvalue weighted by Gasteiger charge is -2.20. The predicted molar refractivity (Wildman–Crippen MR) is 75.8 cm³/mol. The van der Waals surface area contributed by atoms with Crippen molar-refractivity contribution in [1.82, 2.24) is 4.81 Å². The van der Waals surface area contributed by atoms with Crippen molar-refractivity contribution in [2.75, 3.05) is 19.3 Å². The van der Waals surface area contributed by atoms with Crippen LogP contribution in [0.15, 0.2) is 29.2 Å². The molecular weight excluding hydrogens is 213 g/mol. The van der Waals surface area contributed by atoms with Crippen LogP contribution in [0.25, 0.3) is 0 Å². The molecule has 1 aromatic rings. The molecule has 0 atom stereocenters. The van der Waals surface area contributed by atoms with Gasteiger partial charge in [-0.05, 0) is 44.3 Å². The van der Waals surface area contributed by atoms with Crippen LogP contribution in [0.3, 0.4) is 0 Å². The van der Waals surface area contributed by atoms with E-state index >= 15 is 0 Å². The summed E-state index contributed by atoms with van der Waals surface area (Å²) < 4.78 is 0. The van der Waals surface area contributed by atoms with Crippen molar-refractivity contribution in [3.05, 3.63) is 24.3 Å². The van der Waals surface area contributed by atoms with Gasteiger partial charge < -0.3 is 4.81 Å². The SMILES string of the molecule is CCCN([B]c1ccc(SC)cc1)CCC. The molecule has 0 aromatic heterocycles. The number of thioether (sulfide) groups is 1. The standard InChI is InChI=1S/C13H21BNS/c1-4-10-15(11-5-2)14-12-6-8-13(16-3)9-7-12/h6-9H,4-5,10-11H2,1-3H3. The summed E-state index contributed by atoms with van der Waals surface area (Å²) in [6.45, 7) is 6.76. The van der Waals surface area contributed by atoms with Gasteiger partial charge >= 0.3 is 0 Å². The van der Waals surface area contributed by atoms with Crippen molar-refractivity contribution in [1.29, 1.82) is 0 Å². The van der Waals surface area contributed by atoms with Gasteiger partial charge in [-0.3, -0.25) is 0 Å². The van der Waals surface area contributed by atoms with E-state index in [0.29, 0.717) is 0 Å². The third kappa shape index (κ3) is 4.62. The minimum Gasteiger partial charge on any atom is -0.342 e. The van der Waals surface area contributed by atoms with Crippen molar-refractivity contribution in [2.45, 2.75) is 31.6 Å². The van der Waals surface area contributed by atoms with Gasteiger partial charge in [-0.2, -0.15) is 0 Å². The lowest BCUT2D eigenvalue weighted by molar-refractivity contribution is 0.445. The van der Waals surface area contributed by atoms with Crippen LogP contribution in [0.4, 0.5) is 0 Å². The third-order valence-electron chi connectivity index (χ3n) is 2.47. The van der Waals surface area contributed by atoms with Gasteiger partial charge in [0, 0.05) is 4.90 Å². The summed E-state index contributed by atoms with van der Waals surface area (Å²) in [6.07, 6.45) is 4.53. The summed E-state index contributed by atoms with van der Waals surface area (Å²) in [4.78, 5) is 3.74. The second-order valence-electron chi connectivity index (χ2n) is 3.94. The minimum atomic E-state index is 1.15. The molecule has 0 heterocycles. The second kappa shape index (κ2) is 7.80. The largest absolute Gasteiger partial charge is 0.342 e. The van der Waals surface area contributed by atoms with E-state index in [9.17, 15) is 0 Å². The van der Waals surface area contributed by atoms with Gasteiger partial charge in [0.05, 0.1) is 0 Å². The van der Waals surface area contributed by atoms with Gasteiger partial charge in [0.25, 0.3) is 0 Å². The number of benzene rings is 1. The summed E-state index contributed by atoms with van der Waals surface area (Å²) in [5, 5.41) is 0. The first-order chi connectivity index (χ1) is 7.80. The smallest absolute Gasteiger partial charge is 0.247 e. The van der Waals surface area contributed by atoms with Crippen LogP contribution in [0, 0.1) is 0 Å². The number of nitrogens with zero attached hydrogens (tertiary/aromatic N) is 1. The second-order valence-corrected chi connectivity index (χ2v) is 4.82. The lowest BCUT2D eigenvalue weighted by Crippen LogP contribution is -2.37. The molecule has 0 aliphatic rings. The Morgan fingerprint density at radius 2 is 1.62 bits per heavy atom. The summed E-state index contributed by atoms with van der Waals surface area (Å²) >= 11 is 1.79. The van der Waals surface area contributed by atoms with Crippen LogP contribution < -0.4 is 5.46 Å². The monoisotopic (exact) mass is 234 g/mol. The highest BCUT2D eigenvalue weighted by molar-refractivity contribution is 7.98. The Morgan fingerprint density at radius 3 is 2.06 bits per heavy atom. The average molecular weight is 234 g/mol. The van der Waals surface area contributed by atoms with Crippen LogP contribution in [0.5, 0.6) is 0 Å². The predicted octanol–water partition coefficient (Wildman–Crippen LogP) is 2.78. The maximum atomic E-state index is 2.41. The molecule has 0 aliphatic carbocycles. The molecule has 0 spiro atoms. The van der Waals surface area contributed by atoms with Crippen LogP contribution in [0.1, 0.15) is 26.7 Å². The Morgan fingerprint density at radius 1 is 1.06 bits per heavy atom. The molecule has 1 aromatic carbocycles. The molecule has 0 saturated heterocycles. The first-order valence-electron chi connectivity index (χ1n) is 6.03. The van der Waals surface area contributed by atoms with E-state index in [1.54, 1.807) is 11.8 Å². The molecule has 1 rings (SSSR count). The molecule has 0 unspecified atom stereocenters. The van der Waals surface area contributed by atoms with E-state index < -0.39 is 0 Å². The fourth-order valence-electron chi connectivity index (χ4n) is 1.72. The van der Waals surface area contributed by atoms with Gasteiger partial charge in [-0.25, -0.2) is 0 Å². The molecule has 0 fully saturated rings. The Balaban J connectivity index is 2.54. The molecule has 0 aliphatic heterocycles. The molecule has 1 radical (unpaired) electrons. The number of rotatable bonds is 7. The minimum absolute atomic E-state index is 1.15. The first-order valence-corrected chi connectivity index (χ1v) is 7.25. The van der Waals surface area contributed by atoms with E-state index in [1.807, 2.05) is 0 Å². The maximum Gasteiger partial charge on any atom is 0.247 e. The van der Waals surface area contributed by atoms with Gasteiger partial charge in [-0.1, -0.05) is 31.4 Å². The Labute approximate surface area is 105 Å². The highest BCUT2D eigenvalue weighted by atomic mass is 32.2. The van der Waals surface area contributed by atoms with E-state index in [0.717, 1.165) is 13.1 Å². The first kappa shape index (κ1) is 13.7. The zero-order chi connectivity index (χ0) is 11.8. The highest BCUT2D eigenvalue weighted by Crippen LogP contribution is 2.11. The molecule has 87 valence electrons. The zero-order valence-corrected chi connectivity index (χ0v) is 11.4. The Kier molecular flexibility index (Phi) is 6.66. The lowest BCUT2D eigenvalue weighted by atomic mass is 9.80. The molecule has 0 bridgehead atoms. The van der Waals surface area contributed by atoms with E-state index in [1.165, 1.54) is 23.2 Å². The van der Waals surface area contributed by atoms with Crippen LogP contribution >= 0.6 is 11.8 Å². The van der Waals surface area contributed by atoms with Crippen LogP contribution in [-0.4, -0.2) is 31.6 Å². The molecular formula is C13H21BNS. The Bertz CT molecular complexity index is 280. The van der Waals surface area contributed by atoms with E-state index in [4.69, 9.17) is 0 Å². The summed E-state index contributed by atoms with van der Waals surface area (Å²) in [7, 11) is 2.27. The quantitative estimate of drug-likeness (QED) is 0.527. The highest BCUT2D eigenvalue weighted by Gasteiger charge is 2.06. The topological polar surface area (TPSA) is 3.24 Å². The van der Waals surface area contributed by atoms with E-state index in [-0.39, 0.29) is 0 Å². The molecule has 1 nitrogen and oxygen atoms in total. The van der Waals surface area contributed by atoms with Gasteiger partial charge in [-0.15, -0.1) is 11.8 Å². The third-order valence-corrected chi connectivity index (χ3v) is 3.21. The fraction of sp³-hybridized carbons (Fsp3) is 0.538. The number of hydrogen-bond acceptors (Lipinski definition) is 2. The molecule has 0 N–H and O–H groups in total. The van der Waals surface area contributed by atoms with Crippen LogP contribution in [-0.2, 0) is 0 Å². The fourth-order valence-corrected chi connectivity index (χ4v) is 2.12. The van der Waals surface area contributed by atoms with Crippen molar-refractivity contribution in [3.63, 3.8) is 0 Å².